The zero-order valence-corrected chi connectivity index (χ0v) is 21.9. The Bertz CT molecular complexity index is 1570. The van der Waals surface area contributed by atoms with Crippen LogP contribution >= 0.6 is 0 Å². The number of aryl methyl sites for hydroxylation is 2. The van der Waals surface area contributed by atoms with E-state index in [9.17, 15) is 8.42 Å². The number of hydrogen-bond acceptors (Lipinski definition) is 4. The molecule has 0 unspecified atom stereocenters. The molecule has 186 valence electrons. The van der Waals surface area contributed by atoms with Gasteiger partial charge in [0.25, 0.3) is 0 Å². The second-order valence-electron chi connectivity index (χ2n) is 10.7. The molecule has 0 N–H and O–H groups in total. The number of sulfone groups is 1. The average Bonchev–Trinajstić information content (AvgIpc) is 3.17. The molecular formula is C30H32N2O3S. The Morgan fingerprint density at radius 3 is 2.81 bits per heavy atom. The fraction of sp³-hybridized carbons (Fsp3) is 0.367. The summed E-state index contributed by atoms with van der Waals surface area (Å²) in [6.07, 6.45) is 6.96. The Morgan fingerprint density at radius 2 is 1.97 bits per heavy atom. The van der Waals surface area contributed by atoms with Crippen molar-refractivity contribution in [2.75, 3.05) is 12.0 Å². The highest BCUT2D eigenvalue weighted by Crippen LogP contribution is 2.61. The number of benzene rings is 2. The van der Waals surface area contributed by atoms with E-state index < -0.39 is 9.84 Å². The zero-order valence-electron chi connectivity index (χ0n) is 21.1. The van der Waals surface area contributed by atoms with Crippen LogP contribution in [0.5, 0.6) is 5.75 Å². The van der Waals surface area contributed by atoms with E-state index in [2.05, 4.69) is 56.3 Å². The van der Waals surface area contributed by atoms with Gasteiger partial charge in [0.05, 0.1) is 5.75 Å². The molecule has 5 nitrogen and oxygen atoms in total. The van der Waals surface area contributed by atoms with Crippen molar-refractivity contribution in [3.8, 4) is 16.9 Å². The minimum Gasteiger partial charge on any atom is -0.489 e. The van der Waals surface area contributed by atoms with Gasteiger partial charge in [-0.1, -0.05) is 25.1 Å². The highest BCUT2D eigenvalue weighted by molar-refractivity contribution is 7.90. The number of aromatic nitrogens is 2. The molecule has 0 saturated heterocycles. The highest BCUT2D eigenvalue weighted by Gasteiger charge is 2.52. The Hall–Kier alpha value is -3.12. The smallest absolute Gasteiger partial charge is 0.147 e. The van der Waals surface area contributed by atoms with E-state index in [1.165, 1.54) is 29.4 Å². The number of rotatable bonds is 8. The van der Waals surface area contributed by atoms with Gasteiger partial charge in [0, 0.05) is 36.1 Å². The monoisotopic (exact) mass is 500 g/mol. The molecule has 0 bridgehead atoms. The van der Waals surface area contributed by atoms with Crippen LogP contribution in [0, 0.1) is 18.8 Å². The molecule has 1 fully saturated rings. The second kappa shape index (κ2) is 8.77. The van der Waals surface area contributed by atoms with Crippen LogP contribution in [0.4, 0.5) is 0 Å². The second-order valence-corrected chi connectivity index (χ2v) is 12.9. The molecule has 4 aromatic rings. The first-order valence-electron chi connectivity index (χ1n) is 12.7. The van der Waals surface area contributed by atoms with Crippen LogP contribution in [0.2, 0.25) is 0 Å². The van der Waals surface area contributed by atoms with Gasteiger partial charge in [-0.2, -0.15) is 0 Å². The maximum atomic E-state index is 11.4. The van der Waals surface area contributed by atoms with Gasteiger partial charge in [0.1, 0.15) is 27.8 Å². The van der Waals surface area contributed by atoms with Crippen molar-refractivity contribution in [1.29, 1.82) is 0 Å². The van der Waals surface area contributed by atoms with Crippen LogP contribution < -0.4 is 4.74 Å². The fourth-order valence-electron chi connectivity index (χ4n) is 5.94. The molecule has 2 aromatic carbocycles. The molecule has 0 spiro atoms. The molecular weight excluding hydrogens is 468 g/mol. The molecule has 0 aliphatic heterocycles. The summed E-state index contributed by atoms with van der Waals surface area (Å²) < 4.78 is 31.1. The van der Waals surface area contributed by atoms with Crippen molar-refractivity contribution in [3.63, 3.8) is 0 Å². The topological polar surface area (TPSA) is 61.2 Å². The molecule has 1 saturated carbocycles. The molecule has 3 atom stereocenters. The van der Waals surface area contributed by atoms with Crippen LogP contribution in [0.25, 0.3) is 22.2 Å². The van der Waals surface area contributed by atoms with E-state index in [0.29, 0.717) is 19.6 Å². The Morgan fingerprint density at radius 1 is 1.11 bits per heavy atom. The normalized spacial score (nSPS) is 20.4. The largest absolute Gasteiger partial charge is 0.489 e. The third-order valence-electron chi connectivity index (χ3n) is 8.03. The molecule has 2 aromatic heterocycles. The average molecular weight is 501 g/mol. The third kappa shape index (κ3) is 4.43. The highest BCUT2D eigenvalue weighted by atomic mass is 32.2. The van der Waals surface area contributed by atoms with Crippen LogP contribution in [-0.2, 0) is 29.4 Å². The summed E-state index contributed by atoms with van der Waals surface area (Å²) in [5.41, 5.74) is 8.43. The summed E-state index contributed by atoms with van der Waals surface area (Å²) in [4.78, 5) is 4.73. The lowest BCUT2D eigenvalue weighted by Gasteiger charge is -2.13. The molecule has 2 heterocycles. The van der Waals surface area contributed by atoms with E-state index >= 15 is 0 Å². The minimum absolute atomic E-state index is 0.185. The number of pyridine rings is 1. The number of hydrogen-bond donors (Lipinski definition) is 0. The lowest BCUT2D eigenvalue weighted by molar-refractivity contribution is 0.306. The van der Waals surface area contributed by atoms with Gasteiger partial charge in [-0.3, -0.25) is 0 Å². The van der Waals surface area contributed by atoms with Crippen molar-refractivity contribution in [2.45, 2.75) is 45.8 Å². The van der Waals surface area contributed by atoms with E-state index in [4.69, 9.17) is 9.72 Å². The van der Waals surface area contributed by atoms with Crippen molar-refractivity contribution >= 4 is 20.9 Å². The first kappa shape index (κ1) is 23.3. The van der Waals surface area contributed by atoms with Crippen molar-refractivity contribution < 1.29 is 13.2 Å². The van der Waals surface area contributed by atoms with E-state index in [1.54, 1.807) is 0 Å². The molecule has 36 heavy (non-hydrogen) atoms. The number of nitrogens with zero attached hydrogens (tertiary/aromatic N) is 2. The van der Waals surface area contributed by atoms with Gasteiger partial charge in [-0.25, -0.2) is 13.4 Å². The predicted octanol–water partition coefficient (Wildman–Crippen LogP) is 5.93. The van der Waals surface area contributed by atoms with Crippen LogP contribution in [0.3, 0.4) is 0 Å². The van der Waals surface area contributed by atoms with E-state index in [1.807, 2.05) is 23.0 Å². The quantitative estimate of drug-likeness (QED) is 0.301. The summed E-state index contributed by atoms with van der Waals surface area (Å²) in [5.74, 6) is 3.62. The minimum atomic E-state index is -2.95. The van der Waals surface area contributed by atoms with E-state index in [-0.39, 0.29) is 5.75 Å². The van der Waals surface area contributed by atoms with Crippen molar-refractivity contribution in [2.24, 2.45) is 11.8 Å². The fourth-order valence-corrected chi connectivity index (χ4v) is 6.59. The summed E-state index contributed by atoms with van der Waals surface area (Å²) in [6, 6.07) is 17.3. The van der Waals surface area contributed by atoms with Gasteiger partial charge in [0.2, 0.25) is 0 Å². The van der Waals surface area contributed by atoms with Gasteiger partial charge >= 0.3 is 0 Å². The SMILES string of the molecule is Cc1ccc(COc2ccc3c(c2)C[C@H]2[C@H](C)[C@@H]32)cc1-c1cnc2c(ccn2CCCS(C)(=O)=O)c1. The molecule has 0 amide bonds. The van der Waals surface area contributed by atoms with Crippen LogP contribution in [0.15, 0.2) is 60.9 Å². The molecule has 2 aliphatic rings. The summed E-state index contributed by atoms with van der Waals surface area (Å²) in [7, 11) is -2.95. The summed E-state index contributed by atoms with van der Waals surface area (Å²) >= 11 is 0. The number of fused-ring (bicyclic) bond motifs is 4. The Kier molecular flexibility index (Phi) is 5.67. The summed E-state index contributed by atoms with van der Waals surface area (Å²) in [5, 5.41) is 1.05. The van der Waals surface area contributed by atoms with Gasteiger partial charge in [-0.15, -0.1) is 0 Å². The molecule has 6 heteroatoms. The van der Waals surface area contributed by atoms with Crippen molar-refractivity contribution in [3.05, 3.63) is 83.2 Å². The Labute approximate surface area is 213 Å². The van der Waals surface area contributed by atoms with Gasteiger partial charge < -0.3 is 9.30 Å². The molecule has 2 aliphatic carbocycles. The van der Waals surface area contributed by atoms with Gasteiger partial charge in [0.15, 0.2) is 0 Å². The van der Waals surface area contributed by atoms with E-state index in [0.717, 1.165) is 51.2 Å². The van der Waals surface area contributed by atoms with Crippen LogP contribution in [0.1, 0.15) is 41.5 Å². The first-order valence-corrected chi connectivity index (χ1v) is 14.8. The first-order chi connectivity index (χ1) is 17.3. The molecule has 6 rings (SSSR count). The third-order valence-corrected chi connectivity index (χ3v) is 9.06. The van der Waals surface area contributed by atoms with Crippen LogP contribution in [-0.4, -0.2) is 30.0 Å². The number of ether oxygens (including phenoxy) is 1. The van der Waals surface area contributed by atoms with Gasteiger partial charge in [-0.05, 0) is 95.7 Å². The maximum Gasteiger partial charge on any atom is 0.147 e. The summed E-state index contributed by atoms with van der Waals surface area (Å²) in [6.45, 7) is 5.65. The zero-order chi connectivity index (χ0) is 25.0. The standard InChI is InChI=1S/C30H32N2O3S/c1-19-5-6-21(18-35-25-7-8-26-23(15-25)16-28-20(2)29(26)28)13-27(19)24-14-22-9-11-32(30(22)31-17-24)10-4-12-36(3,33)34/h5-9,11,13-15,17,20,28-29H,4,10,12,16,18H2,1-3H3/t20-,28-,29-/m0/s1. The maximum absolute atomic E-state index is 11.4. The lowest BCUT2D eigenvalue weighted by atomic mass is 9.99. The molecule has 0 radical (unpaired) electrons. The predicted molar refractivity (Wildman–Crippen MR) is 144 cm³/mol. The van der Waals surface area contributed by atoms with Crippen molar-refractivity contribution in [1.82, 2.24) is 9.55 Å². The lowest BCUT2D eigenvalue weighted by Crippen LogP contribution is -2.07. The Balaban J connectivity index is 1.17.